The maximum absolute atomic E-state index is 12.0. The van der Waals surface area contributed by atoms with Gasteiger partial charge in [-0.3, -0.25) is 9.78 Å². The van der Waals surface area contributed by atoms with Crippen molar-refractivity contribution in [2.75, 3.05) is 5.32 Å². The van der Waals surface area contributed by atoms with Crippen LogP contribution >= 0.6 is 11.6 Å². The number of benzene rings is 1. The van der Waals surface area contributed by atoms with Gasteiger partial charge >= 0.3 is 0 Å². The number of nitrogens with one attached hydrogen (secondary N) is 1. The fourth-order valence-corrected chi connectivity index (χ4v) is 2.46. The Labute approximate surface area is 115 Å². The number of nitrogens with zero attached hydrogens (tertiary/aromatic N) is 1. The van der Waals surface area contributed by atoms with Gasteiger partial charge in [-0.15, -0.1) is 0 Å². The Balaban J connectivity index is 2.04. The summed E-state index contributed by atoms with van der Waals surface area (Å²) in [4.78, 5) is 16.0. The number of anilines is 1. The zero-order chi connectivity index (χ0) is 13.5. The minimum Gasteiger partial charge on any atom is -0.375 e. The van der Waals surface area contributed by atoms with Crippen molar-refractivity contribution >= 4 is 23.2 Å². The zero-order valence-electron chi connectivity index (χ0n) is 9.93. The monoisotopic (exact) mass is 274 g/mol. The average Bonchev–Trinajstić information content (AvgIpc) is 2.64. The maximum Gasteiger partial charge on any atom is 0.261 e. The normalized spacial score (nSPS) is 21.1. The highest BCUT2D eigenvalue weighted by atomic mass is 35.5. The van der Waals surface area contributed by atoms with Crippen LogP contribution in [0.1, 0.15) is 11.1 Å². The second-order valence-corrected chi connectivity index (χ2v) is 4.97. The lowest BCUT2D eigenvalue weighted by Crippen LogP contribution is -2.36. The van der Waals surface area contributed by atoms with Gasteiger partial charge in [-0.25, -0.2) is 0 Å². The number of carbonyl (C=O) groups is 1. The summed E-state index contributed by atoms with van der Waals surface area (Å²) in [7, 11) is 0. The molecule has 1 aromatic carbocycles. The third-order valence-electron chi connectivity index (χ3n) is 3.26. The molecule has 0 spiro atoms. The minimum atomic E-state index is -1.58. The molecular formula is C14H11ClN2O2. The standard InChI is InChI=1S/C14H11ClN2O2/c15-10-1-2-12-11(7-10)14(19,13(18)17-12)8-9-3-5-16-6-4-9/h1-7,19H,8H2,(H,17,18). The van der Waals surface area contributed by atoms with Gasteiger partial charge in [0.25, 0.3) is 5.91 Å². The fourth-order valence-electron chi connectivity index (χ4n) is 2.29. The van der Waals surface area contributed by atoms with E-state index in [1.165, 1.54) is 0 Å². The van der Waals surface area contributed by atoms with E-state index in [2.05, 4.69) is 10.3 Å². The Morgan fingerprint density at radius 1 is 1.26 bits per heavy atom. The van der Waals surface area contributed by atoms with E-state index in [9.17, 15) is 9.90 Å². The number of aromatic nitrogens is 1. The zero-order valence-corrected chi connectivity index (χ0v) is 10.7. The summed E-state index contributed by atoms with van der Waals surface area (Å²) in [5.41, 5.74) is 0.370. The summed E-state index contributed by atoms with van der Waals surface area (Å²) in [6, 6.07) is 8.54. The minimum absolute atomic E-state index is 0.189. The van der Waals surface area contributed by atoms with Crippen LogP contribution < -0.4 is 5.32 Å². The first-order valence-corrected chi connectivity index (χ1v) is 6.20. The van der Waals surface area contributed by atoms with E-state index in [1.807, 2.05) is 0 Å². The van der Waals surface area contributed by atoms with Crippen molar-refractivity contribution < 1.29 is 9.90 Å². The lowest BCUT2D eigenvalue weighted by atomic mass is 9.89. The smallest absolute Gasteiger partial charge is 0.261 e. The van der Waals surface area contributed by atoms with Crippen LogP contribution in [0.15, 0.2) is 42.7 Å². The Bertz CT molecular complexity index is 645. The predicted molar refractivity (Wildman–Crippen MR) is 71.9 cm³/mol. The summed E-state index contributed by atoms with van der Waals surface area (Å²) in [6.07, 6.45) is 3.45. The van der Waals surface area contributed by atoms with Crippen molar-refractivity contribution in [1.82, 2.24) is 4.98 Å². The molecule has 5 heteroatoms. The molecule has 2 aromatic rings. The lowest BCUT2D eigenvalue weighted by molar-refractivity contribution is -0.133. The van der Waals surface area contributed by atoms with Crippen molar-refractivity contribution in [3.05, 3.63) is 58.9 Å². The number of fused-ring (bicyclic) bond motifs is 1. The van der Waals surface area contributed by atoms with E-state index in [0.29, 0.717) is 16.3 Å². The maximum atomic E-state index is 12.0. The molecule has 1 aliphatic rings. The van der Waals surface area contributed by atoms with E-state index in [0.717, 1.165) is 5.56 Å². The lowest BCUT2D eigenvalue weighted by Gasteiger charge is -2.20. The molecule has 1 aromatic heterocycles. The van der Waals surface area contributed by atoms with Crippen LogP contribution in [0.2, 0.25) is 5.02 Å². The molecule has 4 nitrogen and oxygen atoms in total. The highest BCUT2D eigenvalue weighted by molar-refractivity contribution is 6.31. The quantitative estimate of drug-likeness (QED) is 0.882. The molecule has 0 saturated heterocycles. The van der Waals surface area contributed by atoms with Gasteiger partial charge in [0.1, 0.15) is 0 Å². The van der Waals surface area contributed by atoms with Crippen molar-refractivity contribution in [3.63, 3.8) is 0 Å². The number of carbonyl (C=O) groups excluding carboxylic acids is 1. The number of hydrogen-bond acceptors (Lipinski definition) is 3. The Hall–Kier alpha value is -1.91. The first-order valence-electron chi connectivity index (χ1n) is 5.82. The van der Waals surface area contributed by atoms with Crippen LogP contribution in [0.4, 0.5) is 5.69 Å². The van der Waals surface area contributed by atoms with Gasteiger partial charge in [0.15, 0.2) is 5.60 Å². The molecule has 0 aliphatic carbocycles. The van der Waals surface area contributed by atoms with E-state index in [1.54, 1.807) is 42.7 Å². The third-order valence-corrected chi connectivity index (χ3v) is 3.50. The summed E-state index contributed by atoms with van der Waals surface area (Å²) in [6.45, 7) is 0. The SMILES string of the molecule is O=C1Nc2ccc(Cl)cc2C1(O)Cc1ccncc1. The van der Waals surface area contributed by atoms with Crippen molar-refractivity contribution in [3.8, 4) is 0 Å². The highest BCUT2D eigenvalue weighted by Crippen LogP contribution is 2.39. The second-order valence-electron chi connectivity index (χ2n) is 4.54. The molecule has 2 N–H and O–H groups in total. The van der Waals surface area contributed by atoms with Gasteiger partial charge in [0.05, 0.1) is 0 Å². The number of halogens is 1. The number of hydrogen-bond donors (Lipinski definition) is 2. The third kappa shape index (κ3) is 1.99. The van der Waals surface area contributed by atoms with Crippen LogP contribution in [-0.2, 0) is 16.8 Å². The summed E-state index contributed by atoms with van der Waals surface area (Å²) >= 11 is 5.94. The van der Waals surface area contributed by atoms with Crippen LogP contribution in [-0.4, -0.2) is 16.0 Å². The van der Waals surface area contributed by atoms with Gasteiger partial charge in [-0.2, -0.15) is 0 Å². The molecule has 1 unspecified atom stereocenters. The van der Waals surface area contributed by atoms with E-state index >= 15 is 0 Å². The molecule has 1 amide bonds. The van der Waals surface area contributed by atoms with Gasteiger partial charge in [0.2, 0.25) is 0 Å². The van der Waals surface area contributed by atoms with Gasteiger partial charge < -0.3 is 10.4 Å². The molecule has 1 aliphatic heterocycles. The van der Waals surface area contributed by atoms with Crippen molar-refractivity contribution in [2.24, 2.45) is 0 Å². The Morgan fingerprint density at radius 3 is 2.74 bits per heavy atom. The summed E-state index contributed by atoms with van der Waals surface area (Å²) < 4.78 is 0. The second kappa shape index (κ2) is 4.33. The van der Waals surface area contributed by atoms with E-state index in [4.69, 9.17) is 11.6 Å². The number of aliphatic hydroxyl groups is 1. The molecule has 3 rings (SSSR count). The predicted octanol–water partition coefficient (Wildman–Crippen LogP) is 2.12. The molecule has 0 radical (unpaired) electrons. The first kappa shape index (κ1) is 12.1. The average molecular weight is 275 g/mol. The van der Waals surface area contributed by atoms with E-state index < -0.39 is 11.5 Å². The van der Waals surface area contributed by atoms with Crippen molar-refractivity contribution in [2.45, 2.75) is 12.0 Å². The molecule has 0 bridgehead atoms. The van der Waals surface area contributed by atoms with Crippen LogP contribution in [0.5, 0.6) is 0 Å². The highest BCUT2D eigenvalue weighted by Gasteiger charge is 2.45. The fraction of sp³-hybridized carbons (Fsp3) is 0.143. The summed E-state index contributed by atoms with van der Waals surface area (Å²) in [5, 5.41) is 13.9. The van der Waals surface area contributed by atoms with E-state index in [-0.39, 0.29) is 6.42 Å². The van der Waals surface area contributed by atoms with Gasteiger partial charge in [-0.05, 0) is 35.9 Å². The molecule has 96 valence electrons. The molecule has 0 fully saturated rings. The molecular weight excluding hydrogens is 264 g/mol. The molecule has 1 atom stereocenters. The Morgan fingerprint density at radius 2 is 2.00 bits per heavy atom. The van der Waals surface area contributed by atoms with Gasteiger partial charge in [-0.1, -0.05) is 11.6 Å². The van der Waals surface area contributed by atoms with Crippen LogP contribution in [0.25, 0.3) is 0 Å². The largest absolute Gasteiger partial charge is 0.375 e. The van der Waals surface area contributed by atoms with Crippen LogP contribution in [0.3, 0.4) is 0 Å². The van der Waals surface area contributed by atoms with Crippen LogP contribution in [0, 0.1) is 0 Å². The number of rotatable bonds is 2. The molecule has 0 saturated carbocycles. The molecule has 19 heavy (non-hydrogen) atoms. The summed E-state index contributed by atoms with van der Waals surface area (Å²) in [5.74, 6) is -0.429. The first-order chi connectivity index (χ1) is 9.09. The van der Waals surface area contributed by atoms with Gasteiger partial charge in [0, 0.05) is 35.1 Å². The topological polar surface area (TPSA) is 62.2 Å². The van der Waals surface area contributed by atoms with Crippen molar-refractivity contribution in [1.29, 1.82) is 0 Å². The molecule has 2 heterocycles. The number of pyridine rings is 1. The Kier molecular flexibility index (Phi) is 2.77. The number of amides is 1.